The van der Waals surface area contributed by atoms with E-state index in [4.69, 9.17) is 9.84 Å². The quantitative estimate of drug-likeness (QED) is 0.446. The van der Waals surface area contributed by atoms with Gasteiger partial charge in [0.05, 0.1) is 25.4 Å². The normalized spacial score (nSPS) is 18.8. The van der Waals surface area contributed by atoms with Crippen molar-refractivity contribution in [1.82, 2.24) is 9.91 Å². The SMILES string of the molecule is COc1ccc(C2=NN(C(=O)CN3CCC(Cc4ccccc4)CC3)C(c3ccc(F)cc3)C2)cc1. The molecule has 0 aliphatic carbocycles. The van der Waals surface area contributed by atoms with Crippen LogP contribution in [0, 0.1) is 11.7 Å². The summed E-state index contributed by atoms with van der Waals surface area (Å²) in [6.07, 6.45) is 3.85. The van der Waals surface area contributed by atoms with E-state index in [1.807, 2.05) is 24.3 Å². The fourth-order valence-electron chi connectivity index (χ4n) is 5.20. The molecule has 0 radical (unpaired) electrons. The van der Waals surface area contributed by atoms with Crippen LogP contribution in [-0.4, -0.2) is 48.3 Å². The highest BCUT2D eigenvalue weighted by molar-refractivity contribution is 6.03. The smallest absolute Gasteiger partial charge is 0.257 e. The summed E-state index contributed by atoms with van der Waals surface area (Å²) in [4.78, 5) is 15.7. The van der Waals surface area contributed by atoms with E-state index in [-0.39, 0.29) is 17.8 Å². The number of amides is 1. The topological polar surface area (TPSA) is 45.1 Å². The van der Waals surface area contributed by atoms with Gasteiger partial charge in [0.1, 0.15) is 11.6 Å². The molecule has 0 saturated carbocycles. The first-order valence-electron chi connectivity index (χ1n) is 12.6. The van der Waals surface area contributed by atoms with E-state index in [1.165, 1.54) is 17.7 Å². The lowest BCUT2D eigenvalue weighted by molar-refractivity contribution is -0.134. The van der Waals surface area contributed by atoms with Crippen molar-refractivity contribution in [1.29, 1.82) is 0 Å². The fraction of sp³-hybridized carbons (Fsp3) is 0.333. The molecule has 5 nitrogen and oxygen atoms in total. The van der Waals surface area contributed by atoms with Crippen molar-refractivity contribution in [2.45, 2.75) is 31.7 Å². The minimum atomic E-state index is -0.288. The van der Waals surface area contributed by atoms with E-state index in [1.54, 1.807) is 24.3 Å². The van der Waals surface area contributed by atoms with Gasteiger partial charge in [0, 0.05) is 6.42 Å². The summed E-state index contributed by atoms with van der Waals surface area (Å²) in [7, 11) is 1.64. The second kappa shape index (κ2) is 11.0. The van der Waals surface area contributed by atoms with Crippen LogP contribution in [0.3, 0.4) is 0 Å². The molecule has 36 heavy (non-hydrogen) atoms. The fourth-order valence-corrected chi connectivity index (χ4v) is 5.20. The Morgan fingerprint density at radius 2 is 1.67 bits per heavy atom. The van der Waals surface area contributed by atoms with Crippen molar-refractivity contribution in [3.05, 3.63) is 101 Å². The van der Waals surface area contributed by atoms with Crippen LogP contribution in [0.15, 0.2) is 84.0 Å². The van der Waals surface area contributed by atoms with Crippen LogP contribution in [0.25, 0.3) is 0 Å². The lowest BCUT2D eigenvalue weighted by atomic mass is 9.90. The summed E-state index contributed by atoms with van der Waals surface area (Å²) < 4.78 is 18.9. The molecule has 2 heterocycles. The van der Waals surface area contributed by atoms with E-state index < -0.39 is 0 Å². The largest absolute Gasteiger partial charge is 0.497 e. The molecule has 6 heteroatoms. The van der Waals surface area contributed by atoms with Crippen molar-refractivity contribution < 1.29 is 13.9 Å². The molecule has 3 aromatic carbocycles. The molecule has 0 bridgehead atoms. The summed E-state index contributed by atoms with van der Waals surface area (Å²) in [5.41, 5.74) is 4.08. The van der Waals surface area contributed by atoms with E-state index in [9.17, 15) is 9.18 Å². The van der Waals surface area contributed by atoms with E-state index in [0.717, 1.165) is 54.9 Å². The van der Waals surface area contributed by atoms with Gasteiger partial charge in [-0.15, -0.1) is 0 Å². The van der Waals surface area contributed by atoms with E-state index >= 15 is 0 Å². The van der Waals surface area contributed by atoms with Gasteiger partial charge >= 0.3 is 0 Å². The zero-order valence-electron chi connectivity index (χ0n) is 20.6. The number of benzene rings is 3. The van der Waals surface area contributed by atoms with Crippen molar-refractivity contribution in [3.63, 3.8) is 0 Å². The van der Waals surface area contributed by atoms with Gasteiger partial charge in [-0.25, -0.2) is 9.40 Å². The van der Waals surface area contributed by atoms with Gasteiger partial charge in [-0.05, 0) is 91.4 Å². The molecule has 2 aliphatic rings. The molecule has 1 fully saturated rings. The Morgan fingerprint density at radius 3 is 2.33 bits per heavy atom. The Balaban J connectivity index is 1.27. The average molecular weight is 486 g/mol. The molecule has 1 amide bonds. The summed E-state index contributed by atoms with van der Waals surface area (Å²) >= 11 is 0. The number of piperidine rings is 1. The van der Waals surface area contributed by atoms with Crippen LogP contribution >= 0.6 is 0 Å². The number of carbonyl (C=O) groups is 1. The zero-order valence-corrected chi connectivity index (χ0v) is 20.6. The first-order chi connectivity index (χ1) is 17.6. The Morgan fingerprint density at radius 1 is 0.972 bits per heavy atom. The highest BCUT2D eigenvalue weighted by atomic mass is 19.1. The first kappa shape index (κ1) is 24.2. The van der Waals surface area contributed by atoms with Gasteiger partial charge in [0.15, 0.2) is 0 Å². The molecular formula is C30H32FN3O2. The molecule has 1 saturated heterocycles. The summed E-state index contributed by atoms with van der Waals surface area (Å²) in [6.45, 7) is 2.16. The molecule has 186 valence electrons. The van der Waals surface area contributed by atoms with Crippen molar-refractivity contribution in [2.24, 2.45) is 11.0 Å². The second-order valence-electron chi connectivity index (χ2n) is 9.69. The molecule has 1 unspecified atom stereocenters. The molecule has 1 atom stereocenters. The van der Waals surface area contributed by atoms with Gasteiger partial charge in [0.2, 0.25) is 0 Å². The van der Waals surface area contributed by atoms with Gasteiger partial charge in [-0.2, -0.15) is 5.10 Å². The van der Waals surface area contributed by atoms with Crippen molar-refractivity contribution in [3.8, 4) is 5.75 Å². The number of carbonyl (C=O) groups excluding carboxylic acids is 1. The highest BCUT2D eigenvalue weighted by Gasteiger charge is 2.34. The molecule has 2 aliphatic heterocycles. The van der Waals surface area contributed by atoms with Crippen molar-refractivity contribution >= 4 is 11.6 Å². The number of methoxy groups -OCH3 is 1. The monoisotopic (exact) mass is 485 g/mol. The third-order valence-corrected chi connectivity index (χ3v) is 7.28. The Kier molecular flexibility index (Phi) is 7.42. The highest BCUT2D eigenvalue weighted by Crippen LogP contribution is 2.33. The standard InChI is InChI=1S/C30H32FN3O2/c1-36-27-13-9-24(10-14-27)28-20-29(25-7-11-26(31)12-8-25)34(32-28)30(35)21-33-17-15-23(16-18-33)19-22-5-3-2-4-6-22/h2-14,23,29H,15-21H2,1H3. The number of hydrazone groups is 1. The lowest BCUT2D eigenvalue weighted by Gasteiger charge is -2.33. The molecule has 0 N–H and O–H groups in total. The van der Waals surface area contributed by atoms with Crippen molar-refractivity contribution in [2.75, 3.05) is 26.7 Å². The maximum atomic E-state index is 13.6. The molecular weight excluding hydrogens is 453 g/mol. The maximum Gasteiger partial charge on any atom is 0.257 e. The number of likely N-dealkylation sites (tertiary alicyclic amines) is 1. The predicted molar refractivity (Wildman–Crippen MR) is 139 cm³/mol. The minimum Gasteiger partial charge on any atom is -0.497 e. The number of nitrogens with zero attached hydrogens (tertiary/aromatic N) is 3. The van der Waals surface area contributed by atoms with Crippen LogP contribution in [0.1, 0.15) is 42.0 Å². The second-order valence-corrected chi connectivity index (χ2v) is 9.69. The third-order valence-electron chi connectivity index (χ3n) is 7.28. The van der Waals surface area contributed by atoms with Crippen LogP contribution in [0.4, 0.5) is 4.39 Å². The van der Waals surface area contributed by atoms with E-state index in [2.05, 4.69) is 35.2 Å². The number of halogens is 1. The minimum absolute atomic E-state index is 0.0191. The Labute approximate surface area is 212 Å². The molecule has 0 aromatic heterocycles. The summed E-state index contributed by atoms with van der Waals surface area (Å²) in [5, 5.41) is 6.38. The van der Waals surface area contributed by atoms with Crippen LogP contribution in [-0.2, 0) is 11.2 Å². The van der Waals surface area contributed by atoms with Gasteiger partial charge in [-0.3, -0.25) is 9.69 Å². The number of ether oxygens (including phenoxy) is 1. The lowest BCUT2D eigenvalue weighted by Crippen LogP contribution is -2.42. The maximum absolute atomic E-state index is 13.6. The van der Waals surface area contributed by atoms with Crippen LogP contribution in [0.2, 0.25) is 0 Å². The average Bonchev–Trinajstić information content (AvgIpc) is 3.37. The Hall–Kier alpha value is -3.51. The number of hydrogen-bond donors (Lipinski definition) is 0. The third kappa shape index (κ3) is 5.65. The van der Waals surface area contributed by atoms with Crippen LogP contribution < -0.4 is 4.74 Å². The molecule has 5 rings (SSSR count). The van der Waals surface area contributed by atoms with Crippen LogP contribution in [0.5, 0.6) is 5.75 Å². The van der Waals surface area contributed by atoms with Gasteiger partial charge < -0.3 is 4.74 Å². The number of hydrogen-bond acceptors (Lipinski definition) is 4. The van der Waals surface area contributed by atoms with Gasteiger partial charge in [-0.1, -0.05) is 42.5 Å². The van der Waals surface area contributed by atoms with E-state index in [0.29, 0.717) is 18.9 Å². The Bertz CT molecular complexity index is 1190. The number of rotatable bonds is 7. The first-order valence-corrected chi connectivity index (χ1v) is 12.6. The summed E-state index contributed by atoms with van der Waals surface area (Å²) in [6, 6.07) is 24.5. The molecule has 0 spiro atoms. The van der Waals surface area contributed by atoms with Gasteiger partial charge in [0.25, 0.3) is 5.91 Å². The zero-order chi connectivity index (χ0) is 24.9. The summed E-state index contributed by atoms with van der Waals surface area (Å²) in [5.74, 6) is 1.12. The predicted octanol–water partition coefficient (Wildman–Crippen LogP) is 5.47. The molecule has 3 aromatic rings.